The summed E-state index contributed by atoms with van der Waals surface area (Å²) in [4.78, 5) is 10.9. The molecule has 5 nitrogen and oxygen atoms in total. The van der Waals surface area contributed by atoms with E-state index in [-0.39, 0.29) is 11.0 Å². The zero-order chi connectivity index (χ0) is 14.8. The van der Waals surface area contributed by atoms with E-state index in [1.807, 2.05) is 12.1 Å². The minimum atomic E-state index is -1.08. The third kappa shape index (κ3) is 3.16. The van der Waals surface area contributed by atoms with Gasteiger partial charge in [-0.05, 0) is 36.6 Å². The van der Waals surface area contributed by atoms with Crippen LogP contribution in [0, 0.1) is 0 Å². The Morgan fingerprint density at radius 2 is 2.05 bits per heavy atom. The maximum absolute atomic E-state index is 12.4. The first-order chi connectivity index (χ1) is 10.1. The molecule has 1 fully saturated rings. The number of fused-ring (bicyclic) bond motifs is 1. The van der Waals surface area contributed by atoms with Crippen molar-refractivity contribution < 1.29 is 23.3 Å². The van der Waals surface area contributed by atoms with Crippen LogP contribution in [0.15, 0.2) is 28.7 Å². The van der Waals surface area contributed by atoms with Crippen LogP contribution in [0.5, 0.6) is 0 Å². The van der Waals surface area contributed by atoms with E-state index in [1.54, 1.807) is 6.07 Å². The number of hydrogen-bond donors (Lipinski definition) is 1. The van der Waals surface area contributed by atoms with Crippen molar-refractivity contribution in [1.29, 1.82) is 0 Å². The highest BCUT2D eigenvalue weighted by Gasteiger charge is 2.20. The fraction of sp³-hybridized carbons (Fsp3) is 0.400. The lowest BCUT2D eigenvalue weighted by Gasteiger charge is -2.21. The number of carboxylic acid groups (broad SMARTS) is 1. The molecule has 1 aliphatic rings. The first kappa shape index (κ1) is 14.3. The van der Waals surface area contributed by atoms with Crippen molar-refractivity contribution in [2.45, 2.75) is 23.8 Å². The van der Waals surface area contributed by atoms with E-state index in [2.05, 4.69) is 0 Å². The molecule has 1 aliphatic heterocycles. The van der Waals surface area contributed by atoms with E-state index in [0.717, 1.165) is 23.8 Å². The quantitative estimate of drug-likeness (QED) is 0.939. The van der Waals surface area contributed by atoms with Crippen LogP contribution in [0.4, 0.5) is 0 Å². The van der Waals surface area contributed by atoms with Gasteiger partial charge in [-0.2, -0.15) is 0 Å². The monoisotopic (exact) mass is 308 g/mol. The fourth-order valence-electron chi connectivity index (χ4n) is 2.51. The number of carbonyl (C=O) groups is 1. The minimum absolute atomic E-state index is 0.0762. The number of aromatic carboxylic acids is 1. The number of ether oxygens (including phenoxy) is 1. The van der Waals surface area contributed by atoms with Crippen LogP contribution in [0.1, 0.15) is 29.0 Å². The molecule has 112 valence electrons. The Morgan fingerprint density at radius 3 is 2.76 bits per heavy atom. The standard InChI is InChI=1S/C15H16O5S/c16-15(17)14-8-11-7-10(1-2-13(11)20-14)9-21(18)12-3-5-19-6-4-12/h1-2,7-8,12H,3-6,9H2,(H,16,17). The molecule has 0 spiro atoms. The molecule has 2 heterocycles. The molecular formula is C15H16O5S. The molecular weight excluding hydrogens is 292 g/mol. The average molecular weight is 308 g/mol. The van der Waals surface area contributed by atoms with Crippen LogP contribution >= 0.6 is 0 Å². The van der Waals surface area contributed by atoms with Gasteiger partial charge in [-0.25, -0.2) is 4.79 Å². The Labute approximate surface area is 124 Å². The summed E-state index contributed by atoms with van der Waals surface area (Å²) in [6, 6.07) is 6.92. The van der Waals surface area contributed by atoms with E-state index < -0.39 is 16.8 Å². The van der Waals surface area contributed by atoms with Gasteiger partial charge in [0.2, 0.25) is 5.76 Å². The maximum atomic E-state index is 12.4. The van der Waals surface area contributed by atoms with E-state index in [0.29, 0.717) is 24.5 Å². The molecule has 6 heteroatoms. The SMILES string of the molecule is O=C(O)c1cc2cc(CS(=O)C3CCOCC3)ccc2o1. The van der Waals surface area contributed by atoms with Gasteiger partial charge in [0, 0.05) is 40.4 Å². The zero-order valence-electron chi connectivity index (χ0n) is 11.4. The number of carboxylic acids is 1. The van der Waals surface area contributed by atoms with Gasteiger partial charge in [0.1, 0.15) is 5.58 Å². The highest BCUT2D eigenvalue weighted by Crippen LogP contribution is 2.23. The molecule has 1 aromatic heterocycles. The summed E-state index contributed by atoms with van der Waals surface area (Å²) in [6.45, 7) is 1.36. The predicted octanol–water partition coefficient (Wildman–Crippen LogP) is 2.56. The first-order valence-electron chi connectivity index (χ1n) is 6.84. The molecule has 0 aliphatic carbocycles. The van der Waals surface area contributed by atoms with Crippen molar-refractivity contribution in [3.8, 4) is 0 Å². The molecule has 0 radical (unpaired) electrons. The molecule has 1 aromatic carbocycles. The van der Waals surface area contributed by atoms with Crippen LogP contribution in [-0.4, -0.2) is 33.7 Å². The van der Waals surface area contributed by atoms with E-state index in [4.69, 9.17) is 14.3 Å². The summed E-state index contributed by atoms with van der Waals surface area (Å²) in [5, 5.41) is 9.84. The van der Waals surface area contributed by atoms with Gasteiger partial charge in [0.25, 0.3) is 0 Å². The van der Waals surface area contributed by atoms with Crippen LogP contribution in [0.2, 0.25) is 0 Å². The first-order valence-corrected chi connectivity index (χ1v) is 8.22. The van der Waals surface area contributed by atoms with Crippen molar-refractivity contribution in [2.75, 3.05) is 13.2 Å². The topological polar surface area (TPSA) is 76.7 Å². The number of rotatable bonds is 4. The molecule has 2 aromatic rings. The van der Waals surface area contributed by atoms with Gasteiger partial charge in [-0.1, -0.05) is 6.07 Å². The van der Waals surface area contributed by atoms with Gasteiger partial charge in [0.05, 0.1) is 0 Å². The third-order valence-corrected chi connectivity index (χ3v) is 5.47. The molecule has 1 saturated heterocycles. The largest absolute Gasteiger partial charge is 0.475 e. The van der Waals surface area contributed by atoms with Gasteiger partial charge in [-0.15, -0.1) is 0 Å². The Bertz CT molecular complexity index is 684. The van der Waals surface area contributed by atoms with Crippen LogP contribution in [0.25, 0.3) is 11.0 Å². The summed E-state index contributed by atoms with van der Waals surface area (Å²) in [7, 11) is -0.929. The summed E-state index contributed by atoms with van der Waals surface area (Å²) in [5.41, 5.74) is 1.47. The van der Waals surface area contributed by atoms with Gasteiger partial charge < -0.3 is 14.3 Å². The van der Waals surface area contributed by atoms with E-state index in [9.17, 15) is 9.00 Å². The van der Waals surface area contributed by atoms with Crippen LogP contribution < -0.4 is 0 Å². The highest BCUT2D eigenvalue weighted by molar-refractivity contribution is 7.84. The Kier molecular flexibility index (Phi) is 4.07. The van der Waals surface area contributed by atoms with Crippen molar-refractivity contribution in [3.05, 3.63) is 35.6 Å². The molecule has 0 bridgehead atoms. The Hall–Kier alpha value is -1.66. The molecule has 1 N–H and O–H groups in total. The molecule has 21 heavy (non-hydrogen) atoms. The smallest absolute Gasteiger partial charge is 0.371 e. The van der Waals surface area contributed by atoms with E-state index in [1.165, 1.54) is 6.07 Å². The lowest BCUT2D eigenvalue weighted by molar-refractivity contribution is 0.0665. The second kappa shape index (κ2) is 5.99. The van der Waals surface area contributed by atoms with E-state index >= 15 is 0 Å². The molecule has 1 atom stereocenters. The lowest BCUT2D eigenvalue weighted by atomic mass is 10.2. The normalized spacial score (nSPS) is 17.9. The van der Waals surface area contributed by atoms with Gasteiger partial charge >= 0.3 is 5.97 Å². The lowest BCUT2D eigenvalue weighted by Crippen LogP contribution is -2.25. The summed E-state index contributed by atoms with van der Waals surface area (Å²) >= 11 is 0. The number of furan rings is 1. The number of hydrogen-bond acceptors (Lipinski definition) is 4. The molecule has 1 unspecified atom stereocenters. The average Bonchev–Trinajstić information content (AvgIpc) is 2.91. The molecule has 0 amide bonds. The second-order valence-corrected chi connectivity index (χ2v) is 6.84. The number of benzene rings is 1. The van der Waals surface area contributed by atoms with Gasteiger partial charge in [0.15, 0.2) is 0 Å². The summed E-state index contributed by atoms with van der Waals surface area (Å²) in [5.74, 6) is -0.681. The fourth-order valence-corrected chi connectivity index (χ4v) is 3.97. The Balaban J connectivity index is 1.77. The Morgan fingerprint density at radius 1 is 1.29 bits per heavy atom. The highest BCUT2D eigenvalue weighted by atomic mass is 32.2. The van der Waals surface area contributed by atoms with Crippen molar-refractivity contribution in [3.63, 3.8) is 0 Å². The van der Waals surface area contributed by atoms with Gasteiger partial charge in [-0.3, -0.25) is 4.21 Å². The molecule has 0 saturated carbocycles. The maximum Gasteiger partial charge on any atom is 0.371 e. The van der Waals surface area contributed by atoms with Crippen LogP contribution in [-0.2, 0) is 21.3 Å². The van der Waals surface area contributed by atoms with Crippen molar-refractivity contribution in [1.82, 2.24) is 0 Å². The van der Waals surface area contributed by atoms with Crippen LogP contribution in [0.3, 0.4) is 0 Å². The summed E-state index contributed by atoms with van der Waals surface area (Å²) < 4.78 is 22.8. The minimum Gasteiger partial charge on any atom is -0.475 e. The third-order valence-electron chi connectivity index (χ3n) is 3.64. The molecule has 3 rings (SSSR count). The zero-order valence-corrected chi connectivity index (χ0v) is 12.2. The summed E-state index contributed by atoms with van der Waals surface area (Å²) in [6.07, 6.45) is 1.67. The van der Waals surface area contributed by atoms with Crippen molar-refractivity contribution in [2.24, 2.45) is 0 Å². The predicted molar refractivity (Wildman–Crippen MR) is 78.9 cm³/mol. The van der Waals surface area contributed by atoms with Crippen molar-refractivity contribution >= 4 is 27.7 Å². The second-order valence-electron chi connectivity index (χ2n) is 5.12.